The van der Waals surface area contributed by atoms with Gasteiger partial charge < -0.3 is 5.32 Å². The highest BCUT2D eigenvalue weighted by Crippen LogP contribution is 2.53. The zero-order valence-electron chi connectivity index (χ0n) is 20.6. The van der Waals surface area contributed by atoms with E-state index in [9.17, 15) is 8.42 Å². The van der Waals surface area contributed by atoms with Crippen LogP contribution in [-0.4, -0.2) is 17.7 Å². The number of aromatic nitrogens is 1. The van der Waals surface area contributed by atoms with E-state index in [4.69, 9.17) is 23.2 Å². The van der Waals surface area contributed by atoms with Crippen LogP contribution in [0.5, 0.6) is 0 Å². The molecule has 0 atom stereocenters. The fourth-order valence-electron chi connectivity index (χ4n) is 4.58. The molecule has 5 nitrogen and oxygen atoms in total. The first-order valence-corrected chi connectivity index (χ1v) is 14.4. The summed E-state index contributed by atoms with van der Waals surface area (Å²) in [5.41, 5.74) is 3.75. The van der Waals surface area contributed by atoms with E-state index in [1.165, 1.54) is 0 Å². The maximum Gasteiger partial charge on any atom is 0.244 e. The molecule has 1 N–H and O–H groups in total. The van der Waals surface area contributed by atoms with Gasteiger partial charge in [-0.2, -0.15) is 4.31 Å². The summed E-state index contributed by atoms with van der Waals surface area (Å²) in [5.74, 6) is 0. The Bertz CT molecular complexity index is 1540. The second-order valence-electron chi connectivity index (χ2n) is 9.36. The Morgan fingerprint density at radius 3 is 2.29 bits per heavy atom. The van der Waals surface area contributed by atoms with Crippen molar-refractivity contribution in [2.45, 2.75) is 36.4 Å². The molecule has 0 aliphatic heterocycles. The Morgan fingerprint density at radius 1 is 0.921 bits per heavy atom. The average molecular weight is 565 g/mol. The number of nitrogens with one attached hydrogen (secondary N) is 1. The fourth-order valence-corrected chi connectivity index (χ4v) is 6.70. The van der Waals surface area contributed by atoms with Crippen molar-refractivity contribution in [1.82, 2.24) is 14.6 Å². The highest BCUT2D eigenvalue weighted by Gasteiger charge is 2.54. The molecule has 1 aliphatic carbocycles. The summed E-state index contributed by atoms with van der Waals surface area (Å²) in [6.45, 7) is 4.95. The fraction of sp³-hybridized carbons (Fsp3) is 0.167. The normalized spacial score (nSPS) is 14.3. The van der Waals surface area contributed by atoms with Crippen molar-refractivity contribution in [3.05, 3.63) is 136 Å². The van der Waals surface area contributed by atoms with Crippen molar-refractivity contribution < 1.29 is 8.42 Å². The smallest absolute Gasteiger partial charge is 0.244 e. The van der Waals surface area contributed by atoms with Crippen LogP contribution in [0.4, 0.5) is 0 Å². The van der Waals surface area contributed by atoms with Gasteiger partial charge in [-0.3, -0.25) is 4.98 Å². The molecule has 1 saturated carbocycles. The van der Waals surface area contributed by atoms with E-state index < -0.39 is 15.6 Å². The van der Waals surface area contributed by atoms with Crippen molar-refractivity contribution in [1.29, 1.82) is 0 Å². The predicted octanol–water partition coefficient (Wildman–Crippen LogP) is 7.03. The van der Waals surface area contributed by atoms with E-state index in [1.807, 2.05) is 66.7 Å². The van der Waals surface area contributed by atoms with E-state index in [0.717, 1.165) is 35.2 Å². The van der Waals surface area contributed by atoms with Gasteiger partial charge in [-0.05, 0) is 78.1 Å². The number of hydrogen-bond acceptors (Lipinski definition) is 4. The van der Waals surface area contributed by atoms with Crippen LogP contribution in [0.25, 0.3) is 5.70 Å². The third-order valence-electron chi connectivity index (χ3n) is 6.80. The van der Waals surface area contributed by atoms with Gasteiger partial charge in [0.15, 0.2) is 0 Å². The predicted molar refractivity (Wildman–Crippen MR) is 153 cm³/mol. The van der Waals surface area contributed by atoms with E-state index >= 15 is 0 Å². The zero-order chi connectivity index (χ0) is 26.8. The molecule has 1 fully saturated rings. The largest absolute Gasteiger partial charge is 0.381 e. The number of halogens is 2. The van der Waals surface area contributed by atoms with Gasteiger partial charge in [-0.1, -0.05) is 72.2 Å². The minimum absolute atomic E-state index is 0.168. The number of nitrogens with zero attached hydrogens (tertiary/aromatic N) is 2. The van der Waals surface area contributed by atoms with Crippen LogP contribution >= 0.6 is 23.2 Å². The van der Waals surface area contributed by atoms with Crippen molar-refractivity contribution in [2.75, 3.05) is 0 Å². The Labute approximate surface area is 233 Å². The minimum atomic E-state index is -3.83. The highest BCUT2D eigenvalue weighted by atomic mass is 35.5. The van der Waals surface area contributed by atoms with Gasteiger partial charge in [-0.25, -0.2) is 8.42 Å². The summed E-state index contributed by atoms with van der Waals surface area (Å²) < 4.78 is 29.5. The summed E-state index contributed by atoms with van der Waals surface area (Å²) in [4.78, 5) is 4.62. The summed E-state index contributed by atoms with van der Waals surface area (Å²) in [6.07, 6.45) is 3.12. The number of hydrogen-bond donors (Lipinski definition) is 1. The zero-order valence-corrected chi connectivity index (χ0v) is 23.0. The van der Waals surface area contributed by atoms with Crippen LogP contribution < -0.4 is 5.32 Å². The third kappa shape index (κ3) is 5.64. The van der Waals surface area contributed by atoms with Gasteiger partial charge in [0, 0.05) is 28.5 Å². The van der Waals surface area contributed by atoms with Crippen LogP contribution in [0.2, 0.25) is 10.0 Å². The molecule has 4 aromatic rings. The van der Waals surface area contributed by atoms with E-state index in [1.54, 1.807) is 34.8 Å². The second kappa shape index (κ2) is 10.9. The minimum Gasteiger partial charge on any atom is -0.381 e. The van der Waals surface area contributed by atoms with Crippen molar-refractivity contribution >= 4 is 38.9 Å². The number of pyridine rings is 1. The van der Waals surface area contributed by atoms with Gasteiger partial charge in [0.1, 0.15) is 0 Å². The lowest BCUT2D eigenvalue weighted by Crippen LogP contribution is -2.40. The average Bonchev–Trinajstić information content (AvgIpc) is 3.73. The molecule has 0 amide bonds. The standard InChI is InChI=1S/C30H27Cl2N3O2S/c1-22(34-20-23-5-4-6-27(32)19-23)24-8-10-25(11-9-24)30(16-17-30)35(21-28-7-2-3-18-33-28)38(36,37)29-14-12-26(31)13-15-29/h2-15,18-19,34H,1,16-17,20-21H2. The molecule has 38 heavy (non-hydrogen) atoms. The molecular formula is C30H27Cl2N3O2S. The number of benzene rings is 3. The highest BCUT2D eigenvalue weighted by molar-refractivity contribution is 7.89. The monoisotopic (exact) mass is 563 g/mol. The molecule has 3 aromatic carbocycles. The van der Waals surface area contributed by atoms with Gasteiger partial charge in [0.05, 0.1) is 22.7 Å². The van der Waals surface area contributed by atoms with Crippen LogP contribution in [0.3, 0.4) is 0 Å². The van der Waals surface area contributed by atoms with E-state index in [2.05, 4.69) is 16.9 Å². The Hall–Kier alpha value is -3.16. The summed E-state index contributed by atoms with van der Waals surface area (Å²) in [7, 11) is -3.83. The molecule has 1 aliphatic rings. The quantitative estimate of drug-likeness (QED) is 0.225. The molecule has 194 valence electrons. The van der Waals surface area contributed by atoms with Crippen molar-refractivity contribution in [3.8, 4) is 0 Å². The van der Waals surface area contributed by atoms with Crippen LogP contribution in [0, 0.1) is 0 Å². The molecule has 0 saturated heterocycles. The SMILES string of the molecule is C=C(NCc1cccc(Cl)c1)c1ccc(C2(N(Cc3ccccn3)S(=O)(=O)c3ccc(Cl)cc3)CC2)cc1. The summed E-state index contributed by atoms with van der Waals surface area (Å²) >= 11 is 12.1. The van der Waals surface area contributed by atoms with Crippen molar-refractivity contribution in [3.63, 3.8) is 0 Å². The summed E-state index contributed by atoms with van der Waals surface area (Å²) in [5, 5.41) is 4.52. The van der Waals surface area contributed by atoms with Gasteiger partial charge in [0.25, 0.3) is 0 Å². The Kier molecular flexibility index (Phi) is 7.59. The lowest BCUT2D eigenvalue weighted by Gasteiger charge is -2.31. The lowest BCUT2D eigenvalue weighted by molar-refractivity contribution is 0.293. The van der Waals surface area contributed by atoms with E-state index in [0.29, 0.717) is 22.3 Å². The van der Waals surface area contributed by atoms with Gasteiger partial charge in [-0.15, -0.1) is 0 Å². The molecule has 1 heterocycles. The molecule has 0 bridgehead atoms. The third-order valence-corrected chi connectivity index (χ3v) is 9.21. The first kappa shape index (κ1) is 26.4. The van der Waals surface area contributed by atoms with Crippen molar-refractivity contribution in [2.24, 2.45) is 0 Å². The molecule has 0 unspecified atom stereocenters. The maximum atomic E-state index is 13.9. The van der Waals surface area contributed by atoms with Crippen LogP contribution in [0.1, 0.15) is 35.2 Å². The van der Waals surface area contributed by atoms with Gasteiger partial charge >= 0.3 is 0 Å². The van der Waals surface area contributed by atoms with E-state index in [-0.39, 0.29) is 11.4 Å². The molecule has 0 spiro atoms. The first-order valence-electron chi connectivity index (χ1n) is 12.2. The topological polar surface area (TPSA) is 62.3 Å². The molecule has 8 heteroatoms. The molecular weight excluding hydrogens is 537 g/mol. The number of rotatable bonds is 10. The van der Waals surface area contributed by atoms with Crippen LogP contribution in [-0.2, 0) is 28.7 Å². The molecule has 0 radical (unpaired) electrons. The molecule has 1 aromatic heterocycles. The van der Waals surface area contributed by atoms with Crippen LogP contribution in [0.15, 0.2) is 109 Å². The lowest BCUT2D eigenvalue weighted by atomic mass is 10.0. The molecule has 5 rings (SSSR count). The maximum absolute atomic E-state index is 13.9. The Balaban J connectivity index is 1.41. The summed E-state index contributed by atoms with van der Waals surface area (Å²) in [6, 6.07) is 27.5. The Morgan fingerprint density at radius 2 is 1.66 bits per heavy atom. The van der Waals surface area contributed by atoms with Gasteiger partial charge in [0.2, 0.25) is 10.0 Å². The second-order valence-corrected chi connectivity index (χ2v) is 12.1. The first-order chi connectivity index (χ1) is 18.3. The number of sulfonamides is 1.